The number of likely N-dealkylation sites (N-methyl/N-ethyl adjacent to an activating group) is 1. The van der Waals surface area contributed by atoms with Gasteiger partial charge in [-0.15, -0.1) is 0 Å². The number of anilines is 1. The van der Waals surface area contributed by atoms with Gasteiger partial charge < -0.3 is 14.9 Å². The van der Waals surface area contributed by atoms with Crippen LogP contribution in [0.2, 0.25) is 0 Å². The van der Waals surface area contributed by atoms with Crippen molar-refractivity contribution < 1.29 is 9.90 Å². The summed E-state index contributed by atoms with van der Waals surface area (Å²) in [6.45, 7) is 3.27. The number of hydrogen-bond donors (Lipinski definition) is 1. The third-order valence-electron chi connectivity index (χ3n) is 2.97. The molecule has 7 nitrogen and oxygen atoms in total. The van der Waals surface area contributed by atoms with E-state index in [1.807, 2.05) is 38.1 Å². The number of nitrogens with zero attached hydrogens (tertiary/aromatic N) is 5. The van der Waals surface area contributed by atoms with E-state index in [4.69, 9.17) is 5.11 Å². The van der Waals surface area contributed by atoms with E-state index in [2.05, 4.69) is 10.1 Å². The number of hydrogen-bond acceptors (Lipinski definition) is 5. The van der Waals surface area contributed by atoms with Gasteiger partial charge in [0.25, 0.3) is 0 Å². The van der Waals surface area contributed by atoms with E-state index in [1.165, 1.54) is 6.33 Å². The summed E-state index contributed by atoms with van der Waals surface area (Å²) in [5.74, 6) is -0.111. The van der Waals surface area contributed by atoms with Crippen LogP contribution in [0.1, 0.15) is 5.56 Å². The molecule has 0 fully saturated rings. The van der Waals surface area contributed by atoms with Gasteiger partial charge in [-0.05, 0) is 38.7 Å². The minimum absolute atomic E-state index is 0.0632. The molecule has 0 spiro atoms. The largest absolute Gasteiger partial charge is 0.480 e. The highest BCUT2D eigenvalue weighted by Crippen LogP contribution is 2.17. The van der Waals surface area contributed by atoms with Crippen molar-refractivity contribution in [3.63, 3.8) is 0 Å². The van der Waals surface area contributed by atoms with Gasteiger partial charge in [0.15, 0.2) is 5.65 Å². The third kappa shape index (κ3) is 3.24. The van der Waals surface area contributed by atoms with Crippen LogP contribution in [0.5, 0.6) is 0 Å². The van der Waals surface area contributed by atoms with Crippen LogP contribution in [-0.2, 0) is 4.79 Å². The zero-order valence-corrected chi connectivity index (χ0v) is 11.9. The SMILES string of the molecule is Cc1cc(N(CCN(C)C)CC(=O)O)n2ncnc2c1. The molecular formula is C13H19N5O2. The summed E-state index contributed by atoms with van der Waals surface area (Å²) < 4.78 is 1.67. The van der Waals surface area contributed by atoms with Gasteiger partial charge in [0.2, 0.25) is 0 Å². The van der Waals surface area contributed by atoms with E-state index in [-0.39, 0.29) is 6.54 Å². The average Bonchev–Trinajstić information content (AvgIpc) is 2.80. The van der Waals surface area contributed by atoms with Gasteiger partial charge in [-0.1, -0.05) is 0 Å². The number of carboxylic acids is 1. The fourth-order valence-corrected chi connectivity index (χ4v) is 2.02. The lowest BCUT2D eigenvalue weighted by molar-refractivity contribution is -0.135. The van der Waals surface area contributed by atoms with Crippen LogP contribution in [0.4, 0.5) is 5.82 Å². The van der Waals surface area contributed by atoms with Crippen LogP contribution in [0.25, 0.3) is 5.65 Å². The maximum atomic E-state index is 11.1. The van der Waals surface area contributed by atoms with E-state index in [1.54, 1.807) is 9.42 Å². The van der Waals surface area contributed by atoms with Gasteiger partial charge in [-0.3, -0.25) is 4.79 Å². The second kappa shape index (κ2) is 5.87. The maximum absolute atomic E-state index is 11.1. The second-order valence-corrected chi connectivity index (χ2v) is 5.04. The van der Waals surface area contributed by atoms with E-state index >= 15 is 0 Å². The van der Waals surface area contributed by atoms with Crippen LogP contribution in [0.3, 0.4) is 0 Å². The first kappa shape index (κ1) is 14.3. The van der Waals surface area contributed by atoms with Crippen molar-refractivity contribution in [3.8, 4) is 0 Å². The Hall–Kier alpha value is -2.15. The number of fused-ring (bicyclic) bond motifs is 1. The molecule has 0 aliphatic heterocycles. The number of aromatic nitrogens is 3. The van der Waals surface area contributed by atoms with Gasteiger partial charge in [0, 0.05) is 13.1 Å². The Bertz CT molecular complexity index is 608. The van der Waals surface area contributed by atoms with E-state index in [9.17, 15) is 4.79 Å². The van der Waals surface area contributed by atoms with Gasteiger partial charge in [0.1, 0.15) is 18.7 Å². The van der Waals surface area contributed by atoms with Crippen molar-refractivity contribution in [3.05, 3.63) is 24.0 Å². The van der Waals surface area contributed by atoms with Gasteiger partial charge in [-0.25, -0.2) is 4.98 Å². The molecule has 2 rings (SSSR count). The molecule has 0 saturated heterocycles. The van der Waals surface area contributed by atoms with Crippen molar-refractivity contribution in [2.45, 2.75) is 6.92 Å². The van der Waals surface area contributed by atoms with Crippen LogP contribution in [-0.4, -0.2) is 64.3 Å². The van der Waals surface area contributed by atoms with Crippen molar-refractivity contribution in [1.29, 1.82) is 0 Å². The molecule has 0 amide bonds. The molecule has 0 aliphatic rings. The number of pyridine rings is 1. The zero-order valence-electron chi connectivity index (χ0n) is 11.9. The Morgan fingerprint density at radius 3 is 2.75 bits per heavy atom. The molecule has 108 valence electrons. The molecule has 2 aromatic heterocycles. The summed E-state index contributed by atoms with van der Waals surface area (Å²) in [5, 5.41) is 13.3. The summed E-state index contributed by atoms with van der Waals surface area (Å²) in [5.41, 5.74) is 1.75. The van der Waals surface area contributed by atoms with Crippen molar-refractivity contribution in [2.75, 3.05) is 38.6 Å². The lowest BCUT2D eigenvalue weighted by Gasteiger charge is -2.25. The number of rotatable bonds is 6. The Kier molecular flexibility index (Phi) is 4.19. The monoisotopic (exact) mass is 277 g/mol. The van der Waals surface area contributed by atoms with Gasteiger partial charge in [0.05, 0.1) is 0 Å². The normalized spacial score (nSPS) is 11.2. The summed E-state index contributed by atoms with van der Waals surface area (Å²) in [6.07, 6.45) is 1.48. The Morgan fingerprint density at radius 1 is 1.35 bits per heavy atom. The first-order valence-electron chi connectivity index (χ1n) is 6.39. The molecule has 20 heavy (non-hydrogen) atoms. The Balaban J connectivity index is 2.38. The smallest absolute Gasteiger partial charge is 0.323 e. The molecule has 0 unspecified atom stereocenters. The molecule has 0 atom stereocenters. The quantitative estimate of drug-likeness (QED) is 0.828. The molecule has 0 aromatic carbocycles. The third-order valence-corrected chi connectivity index (χ3v) is 2.97. The van der Waals surface area contributed by atoms with Crippen LogP contribution in [0, 0.1) is 6.92 Å². The van der Waals surface area contributed by atoms with Crippen molar-refractivity contribution in [2.24, 2.45) is 0 Å². The number of carboxylic acid groups (broad SMARTS) is 1. The predicted octanol–water partition coefficient (Wildman–Crippen LogP) is 0.490. The number of carbonyl (C=O) groups is 1. The molecule has 2 aromatic rings. The average molecular weight is 277 g/mol. The minimum atomic E-state index is -0.862. The minimum Gasteiger partial charge on any atom is -0.480 e. The molecular weight excluding hydrogens is 258 g/mol. The fraction of sp³-hybridized carbons (Fsp3) is 0.462. The molecule has 0 aliphatic carbocycles. The highest BCUT2D eigenvalue weighted by atomic mass is 16.4. The predicted molar refractivity (Wildman–Crippen MR) is 76.1 cm³/mol. The van der Waals surface area contributed by atoms with E-state index < -0.39 is 5.97 Å². The van der Waals surface area contributed by atoms with E-state index in [0.29, 0.717) is 6.54 Å². The first-order chi connectivity index (χ1) is 9.47. The molecule has 2 heterocycles. The molecule has 7 heteroatoms. The molecule has 0 radical (unpaired) electrons. The highest BCUT2D eigenvalue weighted by molar-refractivity contribution is 5.73. The Morgan fingerprint density at radius 2 is 2.10 bits per heavy atom. The lowest BCUT2D eigenvalue weighted by Crippen LogP contribution is -2.36. The highest BCUT2D eigenvalue weighted by Gasteiger charge is 2.15. The number of aryl methyl sites for hydroxylation is 1. The topological polar surface area (TPSA) is 74.0 Å². The molecule has 0 saturated carbocycles. The van der Waals surface area contributed by atoms with Gasteiger partial charge in [-0.2, -0.15) is 9.61 Å². The van der Waals surface area contributed by atoms with E-state index in [0.717, 1.165) is 23.6 Å². The summed E-state index contributed by atoms with van der Waals surface area (Å²) >= 11 is 0. The summed E-state index contributed by atoms with van der Waals surface area (Å²) in [4.78, 5) is 19.1. The van der Waals surface area contributed by atoms with Crippen LogP contribution < -0.4 is 4.90 Å². The van der Waals surface area contributed by atoms with Gasteiger partial charge >= 0.3 is 5.97 Å². The maximum Gasteiger partial charge on any atom is 0.323 e. The fourth-order valence-electron chi connectivity index (χ4n) is 2.02. The van der Waals surface area contributed by atoms with Crippen LogP contribution in [0.15, 0.2) is 18.5 Å². The first-order valence-corrected chi connectivity index (χ1v) is 6.39. The number of aliphatic carboxylic acids is 1. The second-order valence-electron chi connectivity index (χ2n) is 5.04. The standard InChI is InChI=1S/C13H19N5O2/c1-10-6-11-14-9-15-18(11)12(7-10)17(8-13(19)20)5-4-16(2)3/h6-7,9H,4-5,8H2,1-3H3,(H,19,20). The zero-order chi connectivity index (χ0) is 14.7. The lowest BCUT2D eigenvalue weighted by atomic mass is 10.2. The summed E-state index contributed by atoms with van der Waals surface area (Å²) in [6, 6.07) is 3.85. The molecule has 0 bridgehead atoms. The Labute approximate surface area is 117 Å². The molecule has 1 N–H and O–H groups in total. The van der Waals surface area contributed by atoms with Crippen molar-refractivity contribution in [1.82, 2.24) is 19.5 Å². The summed E-state index contributed by atoms with van der Waals surface area (Å²) in [7, 11) is 3.92. The van der Waals surface area contributed by atoms with Crippen LogP contribution >= 0.6 is 0 Å². The van der Waals surface area contributed by atoms with Crippen molar-refractivity contribution >= 4 is 17.4 Å².